The van der Waals surface area contributed by atoms with Crippen LogP contribution in [-0.2, 0) is 4.79 Å². The molecule has 1 amide bonds. The Bertz CT molecular complexity index is 655. The fourth-order valence-electron chi connectivity index (χ4n) is 3.18. The summed E-state index contributed by atoms with van der Waals surface area (Å²) in [5, 5.41) is 10.6. The molecular weight excluding hydrogens is 306 g/mol. The van der Waals surface area contributed by atoms with E-state index in [2.05, 4.69) is 29.4 Å². The second-order valence-electron chi connectivity index (χ2n) is 6.50. The van der Waals surface area contributed by atoms with Gasteiger partial charge < -0.3 is 14.5 Å². The van der Waals surface area contributed by atoms with E-state index in [1.807, 2.05) is 12.1 Å². The zero-order chi connectivity index (χ0) is 16.9. The van der Waals surface area contributed by atoms with E-state index in [4.69, 9.17) is 9.15 Å². The van der Waals surface area contributed by atoms with Crippen LogP contribution in [0.4, 0.5) is 0 Å². The van der Waals surface area contributed by atoms with Crippen LogP contribution in [0.5, 0.6) is 5.75 Å². The zero-order valence-electron chi connectivity index (χ0n) is 14.1. The van der Waals surface area contributed by atoms with Gasteiger partial charge in [0.25, 0.3) is 5.91 Å². The molecule has 0 radical (unpaired) electrons. The first kappa shape index (κ1) is 16.5. The lowest BCUT2D eigenvalue weighted by atomic mass is 9.78. The largest absolute Gasteiger partial charge is 0.484 e. The minimum atomic E-state index is -0.0677. The van der Waals surface area contributed by atoms with Crippen molar-refractivity contribution in [1.29, 1.82) is 0 Å². The standard InChI is InChI=1S/C18H23N3O3/c1-12-4-3-5-16(13(12)2)20-17(22)10-23-15-8-6-14(7-9-15)18-21-19-11-24-18/h6-9,11-13,16H,3-5,10H2,1-2H3,(H,20,22)/t12-,13+,16+/m1/s1. The molecule has 128 valence electrons. The number of hydrogen-bond donors (Lipinski definition) is 1. The molecule has 0 bridgehead atoms. The lowest BCUT2D eigenvalue weighted by molar-refractivity contribution is -0.124. The summed E-state index contributed by atoms with van der Waals surface area (Å²) in [5.41, 5.74) is 0.814. The molecule has 3 atom stereocenters. The van der Waals surface area contributed by atoms with Crippen LogP contribution < -0.4 is 10.1 Å². The summed E-state index contributed by atoms with van der Waals surface area (Å²) in [6, 6.07) is 7.48. The number of hydrogen-bond acceptors (Lipinski definition) is 5. The summed E-state index contributed by atoms with van der Waals surface area (Å²) in [6.45, 7) is 4.49. The van der Waals surface area contributed by atoms with Crippen LogP contribution in [0.15, 0.2) is 35.1 Å². The van der Waals surface area contributed by atoms with Gasteiger partial charge in [0.15, 0.2) is 6.61 Å². The number of ether oxygens (including phenoxy) is 1. The highest BCUT2D eigenvalue weighted by molar-refractivity contribution is 5.77. The summed E-state index contributed by atoms with van der Waals surface area (Å²) in [4.78, 5) is 12.1. The van der Waals surface area contributed by atoms with Gasteiger partial charge >= 0.3 is 0 Å². The van der Waals surface area contributed by atoms with Crippen molar-refractivity contribution in [2.24, 2.45) is 11.8 Å². The topological polar surface area (TPSA) is 77.2 Å². The Morgan fingerprint density at radius 3 is 2.79 bits per heavy atom. The maximum Gasteiger partial charge on any atom is 0.258 e. The summed E-state index contributed by atoms with van der Waals surface area (Å²) >= 11 is 0. The molecular formula is C18H23N3O3. The molecule has 0 saturated heterocycles. The van der Waals surface area contributed by atoms with Crippen molar-refractivity contribution in [3.8, 4) is 17.2 Å². The van der Waals surface area contributed by atoms with E-state index in [1.165, 1.54) is 19.2 Å². The lowest BCUT2D eigenvalue weighted by Crippen LogP contribution is -2.45. The zero-order valence-corrected chi connectivity index (χ0v) is 14.1. The molecule has 1 aliphatic rings. The third kappa shape index (κ3) is 3.93. The van der Waals surface area contributed by atoms with Gasteiger partial charge in [-0.25, -0.2) is 0 Å². The molecule has 3 rings (SSSR count). The van der Waals surface area contributed by atoms with E-state index in [0.717, 1.165) is 12.0 Å². The normalized spacial score (nSPS) is 23.7. The average molecular weight is 329 g/mol. The Morgan fingerprint density at radius 1 is 1.29 bits per heavy atom. The molecule has 0 aliphatic heterocycles. The molecule has 1 aliphatic carbocycles. The van der Waals surface area contributed by atoms with Crippen molar-refractivity contribution in [2.45, 2.75) is 39.2 Å². The molecule has 6 heteroatoms. The predicted molar refractivity (Wildman–Crippen MR) is 89.3 cm³/mol. The third-order valence-corrected chi connectivity index (χ3v) is 4.88. The minimum absolute atomic E-state index is 0.0253. The summed E-state index contributed by atoms with van der Waals surface area (Å²) in [6.07, 6.45) is 4.76. The van der Waals surface area contributed by atoms with Gasteiger partial charge in [0, 0.05) is 11.6 Å². The van der Waals surface area contributed by atoms with Gasteiger partial charge in [-0.15, -0.1) is 10.2 Å². The predicted octanol–water partition coefficient (Wildman–Crippen LogP) is 3.06. The molecule has 1 N–H and O–H groups in total. The fourth-order valence-corrected chi connectivity index (χ4v) is 3.18. The number of benzene rings is 1. The van der Waals surface area contributed by atoms with Crippen molar-refractivity contribution in [3.63, 3.8) is 0 Å². The molecule has 6 nitrogen and oxygen atoms in total. The fraction of sp³-hybridized carbons (Fsp3) is 0.500. The summed E-state index contributed by atoms with van der Waals surface area (Å²) < 4.78 is 10.7. The number of aromatic nitrogens is 2. The van der Waals surface area contributed by atoms with Gasteiger partial charge in [-0.3, -0.25) is 4.79 Å². The van der Waals surface area contributed by atoms with Crippen LogP contribution in [0.2, 0.25) is 0 Å². The molecule has 0 unspecified atom stereocenters. The molecule has 1 saturated carbocycles. The van der Waals surface area contributed by atoms with E-state index >= 15 is 0 Å². The second kappa shape index (κ2) is 7.47. The molecule has 24 heavy (non-hydrogen) atoms. The maximum absolute atomic E-state index is 12.1. The van der Waals surface area contributed by atoms with E-state index in [9.17, 15) is 4.79 Å². The number of nitrogens with one attached hydrogen (secondary N) is 1. The van der Waals surface area contributed by atoms with Gasteiger partial charge in [0.2, 0.25) is 12.3 Å². The van der Waals surface area contributed by atoms with Crippen LogP contribution in [0.1, 0.15) is 33.1 Å². The Balaban J connectivity index is 1.49. The molecule has 2 aromatic rings. The molecule has 1 aromatic carbocycles. The third-order valence-electron chi connectivity index (χ3n) is 4.88. The van der Waals surface area contributed by atoms with E-state index < -0.39 is 0 Å². The van der Waals surface area contributed by atoms with Crippen LogP contribution in [0, 0.1) is 11.8 Å². The monoisotopic (exact) mass is 329 g/mol. The molecule has 1 heterocycles. The first-order chi connectivity index (χ1) is 11.6. The summed E-state index contributed by atoms with van der Waals surface area (Å²) in [7, 11) is 0. The smallest absolute Gasteiger partial charge is 0.258 e. The van der Waals surface area contributed by atoms with Gasteiger partial charge in [-0.1, -0.05) is 26.7 Å². The Labute approximate surface area is 141 Å². The number of carbonyl (C=O) groups is 1. The Hall–Kier alpha value is -2.37. The number of rotatable bonds is 5. The van der Waals surface area contributed by atoms with E-state index in [0.29, 0.717) is 23.5 Å². The van der Waals surface area contributed by atoms with E-state index in [1.54, 1.807) is 12.1 Å². The Morgan fingerprint density at radius 2 is 2.08 bits per heavy atom. The Kier molecular flexibility index (Phi) is 5.13. The highest BCUT2D eigenvalue weighted by Gasteiger charge is 2.28. The van der Waals surface area contributed by atoms with Crippen LogP contribution in [-0.4, -0.2) is 28.8 Å². The van der Waals surface area contributed by atoms with Crippen molar-refractivity contribution < 1.29 is 13.9 Å². The van der Waals surface area contributed by atoms with Crippen molar-refractivity contribution in [1.82, 2.24) is 15.5 Å². The van der Waals surface area contributed by atoms with Crippen molar-refractivity contribution in [2.75, 3.05) is 6.61 Å². The number of carbonyl (C=O) groups excluding carboxylic acids is 1. The number of amides is 1. The second-order valence-corrected chi connectivity index (χ2v) is 6.50. The van der Waals surface area contributed by atoms with Crippen LogP contribution in [0.3, 0.4) is 0 Å². The first-order valence-electron chi connectivity index (χ1n) is 8.42. The maximum atomic E-state index is 12.1. The van der Waals surface area contributed by atoms with Crippen LogP contribution in [0.25, 0.3) is 11.5 Å². The van der Waals surface area contributed by atoms with Gasteiger partial charge in [0.1, 0.15) is 5.75 Å². The highest BCUT2D eigenvalue weighted by atomic mass is 16.5. The van der Waals surface area contributed by atoms with Crippen molar-refractivity contribution >= 4 is 5.91 Å². The molecule has 1 aromatic heterocycles. The molecule has 1 fully saturated rings. The van der Waals surface area contributed by atoms with Gasteiger partial charge in [-0.2, -0.15) is 0 Å². The van der Waals surface area contributed by atoms with Gasteiger partial charge in [-0.05, 0) is 42.5 Å². The molecule has 0 spiro atoms. The average Bonchev–Trinajstić information content (AvgIpc) is 3.12. The SMILES string of the molecule is C[C@H]1[C@H](C)CCC[C@@H]1NC(=O)COc1ccc(-c2nnco2)cc1. The van der Waals surface area contributed by atoms with Gasteiger partial charge in [0.05, 0.1) is 0 Å². The quantitative estimate of drug-likeness (QED) is 0.912. The highest BCUT2D eigenvalue weighted by Crippen LogP contribution is 2.29. The number of nitrogens with zero attached hydrogens (tertiary/aromatic N) is 2. The summed E-state index contributed by atoms with van der Waals surface area (Å²) in [5.74, 6) is 2.19. The first-order valence-corrected chi connectivity index (χ1v) is 8.42. The van der Waals surface area contributed by atoms with Crippen LogP contribution >= 0.6 is 0 Å². The van der Waals surface area contributed by atoms with Crippen molar-refractivity contribution in [3.05, 3.63) is 30.7 Å². The minimum Gasteiger partial charge on any atom is -0.484 e. The lowest BCUT2D eigenvalue weighted by Gasteiger charge is -2.34. The van der Waals surface area contributed by atoms with E-state index in [-0.39, 0.29) is 18.6 Å².